The molecule has 5 atom stereocenters. The number of nitrogens with zero attached hydrogens (tertiary/aromatic N) is 2. The molecule has 50 heavy (non-hydrogen) atoms. The highest BCUT2D eigenvalue weighted by molar-refractivity contribution is 7.90. The number of halogens is 1. The normalized spacial score (nSPS) is 28.8. The molecule has 4 amide bonds. The van der Waals surface area contributed by atoms with E-state index in [1.165, 1.54) is 15.9 Å². The van der Waals surface area contributed by atoms with E-state index in [-0.39, 0.29) is 38.5 Å². The number of ether oxygens (including phenoxy) is 2. The van der Waals surface area contributed by atoms with Gasteiger partial charge >= 0.3 is 12.2 Å². The van der Waals surface area contributed by atoms with E-state index in [1.54, 1.807) is 32.9 Å². The van der Waals surface area contributed by atoms with E-state index >= 15 is 0 Å². The predicted octanol–water partition coefficient (Wildman–Crippen LogP) is 3.62. The van der Waals surface area contributed by atoms with Crippen molar-refractivity contribution in [3.05, 3.63) is 47.3 Å². The summed E-state index contributed by atoms with van der Waals surface area (Å²) in [6.45, 7) is 5.28. The molecule has 2 saturated carbocycles. The Hall–Kier alpha value is -3.72. The molecular weight excluding hydrogens is 669 g/mol. The lowest BCUT2D eigenvalue weighted by atomic mass is 10.0. The molecule has 13 nitrogen and oxygen atoms in total. The van der Waals surface area contributed by atoms with Gasteiger partial charge in [-0.05, 0) is 70.9 Å². The van der Waals surface area contributed by atoms with E-state index in [0.717, 1.165) is 19.3 Å². The van der Waals surface area contributed by atoms with Crippen LogP contribution in [-0.4, -0.2) is 89.9 Å². The lowest BCUT2D eigenvalue weighted by molar-refractivity contribution is -0.140. The second kappa shape index (κ2) is 14.1. The summed E-state index contributed by atoms with van der Waals surface area (Å²) in [5.74, 6) is -1.51. The number of alkyl carbamates (subject to hydrolysis) is 1. The number of rotatable bonds is 6. The molecule has 0 radical (unpaired) electrons. The smallest absolute Gasteiger partial charge is 0.410 e. The van der Waals surface area contributed by atoms with Crippen LogP contribution in [0.5, 0.6) is 0 Å². The molecule has 0 spiro atoms. The minimum atomic E-state index is -3.52. The molecule has 2 aliphatic carbocycles. The molecule has 3 N–H and O–H groups in total. The summed E-state index contributed by atoms with van der Waals surface area (Å²) in [6, 6.07) is 2.61. The van der Waals surface area contributed by atoms with E-state index in [1.807, 2.05) is 6.08 Å². The molecule has 5 aliphatic rings. The summed E-state index contributed by atoms with van der Waals surface area (Å²) in [5.41, 5.74) is -0.575. The van der Waals surface area contributed by atoms with Gasteiger partial charge in [0.15, 0.2) is 0 Å². The van der Waals surface area contributed by atoms with Crippen LogP contribution in [0.1, 0.15) is 89.7 Å². The number of allylic oxidation sites excluding steroid dienone is 1. The molecular formula is C35H48FN5O8S. The SMILES string of the molecule is CC(C)(C)OC(=O)N[C@H]1CCCCCC=C[C@@H]2C[C@@]2(CNS(=O)(=O)C2CC2)NC(=O)[C@@H]2C[C@@H](OC(=O)N3Cc4cccc(F)c4C3)CN2C1=O. The molecule has 6 rings (SSSR count). The average Bonchev–Trinajstić information content (AvgIpc) is 3.91. The molecule has 3 heterocycles. The van der Waals surface area contributed by atoms with Crippen molar-refractivity contribution in [2.45, 2.75) is 126 Å². The van der Waals surface area contributed by atoms with E-state index in [2.05, 4.69) is 21.4 Å². The molecule has 0 aromatic heterocycles. The van der Waals surface area contributed by atoms with Gasteiger partial charge in [0.1, 0.15) is 29.6 Å². The zero-order chi connectivity index (χ0) is 35.8. The molecule has 3 fully saturated rings. The van der Waals surface area contributed by atoms with Crippen LogP contribution in [-0.2, 0) is 42.2 Å². The maximum atomic E-state index is 14.4. The number of hydrogen-bond acceptors (Lipinski definition) is 8. The number of benzene rings is 1. The van der Waals surface area contributed by atoms with Crippen LogP contribution in [0.3, 0.4) is 0 Å². The summed E-state index contributed by atoms with van der Waals surface area (Å²) in [6.07, 6.45) is 6.84. The standard InChI is InChI=1S/C35H48FN5O8S/c1-34(2,3)49-32(44)38-28-13-8-6-4-5-7-11-23-17-35(23,21-37-50(46,47)25-14-15-25)39-30(42)29-16-24(19-41(29)31(28)43)48-33(45)40-18-22-10-9-12-27(36)26(22)20-40/h7,9-12,23-25,28-29,37H,4-6,8,13-21H2,1-3H3,(H,38,44)(H,39,42)/t23-,24-,28+,29+,35+/m1/s1. The zero-order valence-corrected chi connectivity index (χ0v) is 29.7. The van der Waals surface area contributed by atoms with Gasteiger partial charge in [0.2, 0.25) is 21.8 Å². The van der Waals surface area contributed by atoms with Crippen LogP contribution >= 0.6 is 0 Å². The number of sulfonamides is 1. The number of amides is 4. The minimum absolute atomic E-state index is 0.0119. The lowest BCUT2D eigenvalue weighted by Crippen LogP contribution is -2.57. The lowest BCUT2D eigenvalue weighted by Gasteiger charge is -2.30. The first-order valence-electron chi connectivity index (χ1n) is 17.6. The quantitative estimate of drug-likeness (QED) is 0.376. The van der Waals surface area contributed by atoms with Crippen molar-refractivity contribution in [1.29, 1.82) is 0 Å². The van der Waals surface area contributed by atoms with Crippen molar-refractivity contribution in [3.8, 4) is 0 Å². The molecule has 3 aliphatic heterocycles. The maximum Gasteiger partial charge on any atom is 0.410 e. The van der Waals surface area contributed by atoms with E-state index < -0.39 is 74.4 Å². The number of nitrogens with one attached hydrogen (secondary N) is 3. The van der Waals surface area contributed by atoms with Gasteiger partial charge in [-0.25, -0.2) is 27.1 Å². The van der Waals surface area contributed by atoms with Crippen molar-refractivity contribution in [1.82, 2.24) is 25.2 Å². The molecule has 1 saturated heterocycles. The maximum absolute atomic E-state index is 14.4. The minimum Gasteiger partial charge on any atom is -0.444 e. The highest BCUT2D eigenvalue weighted by Gasteiger charge is 2.56. The van der Waals surface area contributed by atoms with Crippen molar-refractivity contribution in [3.63, 3.8) is 0 Å². The highest BCUT2D eigenvalue weighted by Crippen LogP contribution is 2.45. The van der Waals surface area contributed by atoms with Crippen molar-refractivity contribution < 1.29 is 41.5 Å². The topological polar surface area (TPSA) is 163 Å². The van der Waals surface area contributed by atoms with Gasteiger partial charge in [-0.1, -0.05) is 37.1 Å². The largest absolute Gasteiger partial charge is 0.444 e. The Morgan fingerprint density at radius 2 is 1.88 bits per heavy atom. The number of fused-ring (bicyclic) bond motifs is 3. The van der Waals surface area contributed by atoms with E-state index in [0.29, 0.717) is 43.2 Å². The third kappa shape index (κ3) is 8.42. The molecule has 1 aromatic carbocycles. The first-order valence-corrected chi connectivity index (χ1v) is 19.2. The Morgan fingerprint density at radius 3 is 2.60 bits per heavy atom. The summed E-state index contributed by atoms with van der Waals surface area (Å²) >= 11 is 0. The van der Waals surface area contributed by atoms with Gasteiger partial charge in [-0.3, -0.25) is 14.5 Å². The summed E-state index contributed by atoms with van der Waals surface area (Å²) < 4.78 is 53.9. The Bertz CT molecular complexity index is 1640. The van der Waals surface area contributed by atoms with Gasteiger partial charge in [0, 0.05) is 31.0 Å². The second-order valence-corrected chi connectivity index (χ2v) is 17.3. The van der Waals surface area contributed by atoms with Crippen LogP contribution in [0.25, 0.3) is 0 Å². The second-order valence-electron chi connectivity index (χ2n) is 15.3. The fraction of sp³-hybridized carbons (Fsp3) is 0.657. The fourth-order valence-electron chi connectivity index (χ4n) is 7.09. The van der Waals surface area contributed by atoms with Crippen molar-refractivity contribution in [2.75, 3.05) is 13.1 Å². The first kappa shape index (κ1) is 36.1. The van der Waals surface area contributed by atoms with Crippen LogP contribution in [0.2, 0.25) is 0 Å². The Kier molecular flexibility index (Phi) is 10.2. The fourth-order valence-corrected chi connectivity index (χ4v) is 8.54. The Labute approximate surface area is 292 Å². The van der Waals surface area contributed by atoms with Crippen molar-refractivity contribution in [2.24, 2.45) is 5.92 Å². The summed E-state index contributed by atoms with van der Waals surface area (Å²) in [4.78, 5) is 57.4. The van der Waals surface area contributed by atoms with Gasteiger partial charge in [-0.2, -0.15) is 0 Å². The van der Waals surface area contributed by atoms with E-state index in [4.69, 9.17) is 9.47 Å². The number of carbonyl (C=O) groups excluding carboxylic acids is 4. The third-order valence-corrected chi connectivity index (χ3v) is 12.0. The van der Waals surface area contributed by atoms with Crippen LogP contribution in [0, 0.1) is 11.7 Å². The number of carbonyl (C=O) groups is 4. The zero-order valence-electron chi connectivity index (χ0n) is 28.9. The first-order chi connectivity index (χ1) is 23.6. The molecule has 0 bridgehead atoms. The monoisotopic (exact) mass is 717 g/mol. The molecule has 274 valence electrons. The predicted molar refractivity (Wildman–Crippen MR) is 180 cm³/mol. The molecule has 0 unspecified atom stereocenters. The third-order valence-electron chi connectivity index (χ3n) is 10.1. The summed E-state index contributed by atoms with van der Waals surface area (Å²) in [5, 5.41) is 5.37. The average molecular weight is 718 g/mol. The molecule has 15 heteroatoms. The Morgan fingerprint density at radius 1 is 1.10 bits per heavy atom. The Balaban J connectivity index is 1.23. The highest BCUT2D eigenvalue weighted by atomic mass is 32.2. The number of hydrogen-bond donors (Lipinski definition) is 3. The van der Waals surface area contributed by atoms with Gasteiger partial charge in [0.05, 0.1) is 23.9 Å². The van der Waals surface area contributed by atoms with Crippen LogP contribution in [0.4, 0.5) is 14.0 Å². The van der Waals surface area contributed by atoms with Crippen molar-refractivity contribution >= 4 is 34.0 Å². The van der Waals surface area contributed by atoms with Crippen LogP contribution < -0.4 is 15.4 Å². The summed E-state index contributed by atoms with van der Waals surface area (Å²) in [7, 11) is -3.52. The molecule has 1 aromatic rings. The van der Waals surface area contributed by atoms with Gasteiger partial charge in [-0.15, -0.1) is 0 Å². The van der Waals surface area contributed by atoms with Crippen LogP contribution in [0.15, 0.2) is 30.4 Å². The van der Waals surface area contributed by atoms with Gasteiger partial charge < -0.3 is 25.0 Å². The van der Waals surface area contributed by atoms with Gasteiger partial charge in [0.25, 0.3) is 0 Å². The van der Waals surface area contributed by atoms with E-state index in [9.17, 15) is 32.0 Å².